The monoisotopic (exact) mass is 360 g/mol. The molecule has 2 heterocycles. The highest BCUT2D eigenvalue weighted by atomic mass is 32.1. The van der Waals surface area contributed by atoms with Crippen molar-refractivity contribution in [2.45, 2.75) is 37.8 Å². The third-order valence-corrected chi connectivity index (χ3v) is 6.11. The van der Waals surface area contributed by atoms with E-state index in [-0.39, 0.29) is 12.4 Å². The Morgan fingerprint density at radius 1 is 1.46 bits per heavy atom. The van der Waals surface area contributed by atoms with E-state index in [0.717, 1.165) is 10.6 Å². The maximum atomic E-state index is 10.9. The maximum Gasteiger partial charge on any atom is 0.323 e. The lowest BCUT2D eigenvalue weighted by Gasteiger charge is -2.07. The summed E-state index contributed by atoms with van der Waals surface area (Å²) in [4.78, 5) is 16.2. The van der Waals surface area contributed by atoms with Gasteiger partial charge >= 0.3 is 5.97 Å². The SMILES string of the molecule is O=C(O)Cn1c(O)c(C=c2ccc3c(c2)C2CCCC2N=3)sc1=S. The second-order valence-corrected chi connectivity index (χ2v) is 7.91. The number of aliphatic carboxylic acids is 1. The van der Waals surface area contributed by atoms with Gasteiger partial charge in [-0.2, -0.15) is 0 Å². The van der Waals surface area contributed by atoms with E-state index in [1.54, 1.807) is 0 Å². The Morgan fingerprint density at radius 3 is 3.08 bits per heavy atom. The maximum absolute atomic E-state index is 10.9. The zero-order valence-electron chi connectivity index (χ0n) is 12.8. The summed E-state index contributed by atoms with van der Waals surface area (Å²) in [6.45, 7) is -0.332. The molecule has 0 saturated heterocycles. The number of carbonyl (C=O) groups is 1. The van der Waals surface area contributed by atoms with E-state index < -0.39 is 5.97 Å². The van der Waals surface area contributed by atoms with E-state index in [1.807, 2.05) is 18.2 Å². The van der Waals surface area contributed by atoms with Crippen LogP contribution in [0, 0.1) is 3.95 Å². The van der Waals surface area contributed by atoms with Crippen molar-refractivity contribution in [1.29, 1.82) is 0 Å². The topological polar surface area (TPSA) is 74.8 Å². The lowest BCUT2D eigenvalue weighted by molar-refractivity contribution is -0.137. The van der Waals surface area contributed by atoms with Gasteiger partial charge in [0, 0.05) is 5.92 Å². The first-order valence-corrected chi connectivity index (χ1v) is 9.09. The Kier molecular flexibility index (Phi) is 3.77. The van der Waals surface area contributed by atoms with E-state index in [9.17, 15) is 9.90 Å². The highest BCUT2D eigenvalue weighted by Crippen LogP contribution is 2.37. The largest absolute Gasteiger partial charge is 0.493 e. The molecule has 1 aromatic heterocycles. The van der Waals surface area contributed by atoms with Crippen LogP contribution in [0.1, 0.15) is 35.6 Å². The summed E-state index contributed by atoms with van der Waals surface area (Å²) >= 11 is 6.37. The van der Waals surface area contributed by atoms with Gasteiger partial charge in [-0.05, 0) is 54.1 Å². The second-order valence-electron chi connectivity index (χ2n) is 6.23. The van der Waals surface area contributed by atoms with Gasteiger partial charge in [-0.15, -0.1) is 11.3 Å². The molecule has 2 aliphatic rings. The Hall–Kier alpha value is -1.99. The molecule has 1 aromatic carbocycles. The normalized spacial score (nSPS) is 22.2. The first-order valence-electron chi connectivity index (χ1n) is 7.87. The zero-order valence-corrected chi connectivity index (χ0v) is 14.4. The van der Waals surface area contributed by atoms with Gasteiger partial charge in [0.1, 0.15) is 6.54 Å². The summed E-state index contributed by atoms with van der Waals surface area (Å²) in [6.07, 6.45) is 5.44. The standard InChI is InChI=1S/C17H16N2O3S2/c20-15(21)8-19-16(22)14(24-17(19)23)7-9-4-5-13-11(6-9)10-2-1-3-12(10)18-13/h4-7,10,12,22H,1-3,8H2,(H,20,21). The van der Waals surface area contributed by atoms with Crippen LogP contribution >= 0.6 is 23.6 Å². The highest BCUT2D eigenvalue weighted by molar-refractivity contribution is 7.73. The van der Waals surface area contributed by atoms with E-state index in [2.05, 4.69) is 6.07 Å². The van der Waals surface area contributed by atoms with Crippen LogP contribution in [0.3, 0.4) is 0 Å². The Morgan fingerprint density at radius 2 is 2.29 bits per heavy atom. The van der Waals surface area contributed by atoms with E-state index in [4.69, 9.17) is 22.3 Å². The summed E-state index contributed by atoms with van der Waals surface area (Å²) in [5.41, 5.74) is 1.29. The fourth-order valence-electron chi connectivity index (χ4n) is 3.65. The number of aromatic nitrogens is 1. The van der Waals surface area contributed by atoms with Gasteiger partial charge in [-0.3, -0.25) is 14.4 Å². The fourth-order valence-corrected chi connectivity index (χ4v) is 4.91. The molecule has 0 radical (unpaired) electrons. The third-order valence-electron chi connectivity index (χ3n) is 4.72. The minimum atomic E-state index is -1.03. The first kappa shape index (κ1) is 15.5. The summed E-state index contributed by atoms with van der Waals surface area (Å²) < 4.78 is 1.59. The highest BCUT2D eigenvalue weighted by Gasteiger charge is 2.32. The lowest BCUT2D eigenvalue weighted by Crippen LogP contribution is -2.13. The van der Waals surface area contributed by atoms with Crippen molar-refractivity contribution in [3.05, 3.63) is 43.2 Å². The average molecular weight is 360 g/mol. The molecule has 1 saturated carbocycles. The van der Waals surface area contributed by atoms with Crippen LogP contribution in [-0.2, 0) is 11.3 Å². The van der Waals surface area contributed by atoms with Gasteiger partial charge in [0.15, 0.2) is 3.95 Å². The number of aromatic hydroxyl groups is 1. The number of hydrogen-bond donors (Lipinski definition) is 2. The van der Waals surface area contributed by atoms with Gasteiger partial charge in [-0.1, -0.05) is 12.5 Å². The number of hydrogen-bond acceptors (Lipinski definition) is 5. The van der Waals surface area contributed by atoms with Crippen molar-refractivity contribution < 1.29 is 15.0 Å². The molecule has 4 rings (SSSR count). The molecule has 0 spiro atoms. The van der Waals surface area contributed by atoms with Crippen LogP contribution in [0.15, 0.2) is 23.2 Å². The average Bonchev–Trinajstić information content (AvgIpc) is 3.18. The van der Waals surface area contributed by atoms with E-state index in [0.29, 0.717) is 20.8 Å². The zero-order chi connectivity index (χ0) is 16.8. The molecule has 5 nitrogen and oxygen atoms in total. The summed E-state index contributed by atoms with van der Waals surface area (Å²) in [6, 6.07) is 6.58. The van der Waals surface area contributed by atoms with Crippen molar-refractivity contribution >= 4 is 35.6 Å². The molecule has 24 heavy (non-hydrogen) atoms. The van der Waals surface area contributed by atoms with Crippen molar-refractivity contribution in [1.82, 2.24) is 4.57 Å². The van der Waals surface area contributed by atoms with Gasteiger partial charge in [0.25, 0.3) is 0 Å². The summed E-state index contributed by atoms with van der Waals surface area (Å²) in [7, 11) is 0. The fraction of sp³-hybridized carbons (Fsp3) is 0.353. The predicted molar refractivity (Wildman–Crippen MR) is 93.6 cm³/mol. The summed E-state index contributed by atoms with van der Waals surface area (Å²) in [5.74, 6) is -0.592. The van der Waals surface area contributed by atoms with Gasteiger partial charge in [0.2, 0.25) is 5.88 Å². The molecule has 1 aliphatic heterocycles. The predicted octanol–water partition coefficient (Wildman–Crippen LogP) is 2.17. The number of carboxylic acids is 1. The van der Waals surface area contributed by atoms with E-state index in [1.165, 1.54) is 40.7 Å². The Bertz CT molecular complexity index is 1010. The lowest BCUT2D eigenvalue weighted by atomic mass is 9.96. The Labute approximate surface area is 147 Å². The molecule has 0 amide bonds. The van der Waals surface area contributed by atoms with Crippen LogP contribution < -0.4 is 10.6 Å². The summed E-state index contributed by atoms with van der Waals surface area (Å²) in [5, 5.41) is 21.2. The molecule has 7 heteroatoms. The molecule has 2 unspecified atom stereocenters. The van der Waals surface area contributed by atoms with Crippen molar-refractivity contribution in [3.8, 4) is 5.88 Å². The number of fused-ring (bicyclic) bond motifs is 3. The third kappa shape index (κ3) is 2.57. The second kappa shape index (κ2) is 5.82. The molecule has 2 aromatic rings. The molecule has 2 atom stereocenters. The molecule has 1 aliphatic carbocycles. The van der Waals surface area contributed by atoms with Crippen LogP contribution in [0.2, 0.25) is 0 Å². The van der Waals surface area contributed by atoms with Crippen LogP contribution in [-0.4, -0.2) is 26.8 Å². The minimum Gasteiger partial charge on any atom is -0.493 e. The van der Waals surface area contributed by atoms with Crippen molar-refractivity contribution in [2.24, 2.45) is 4.99 Å². The first-order chi connectivity index (χ1) is 11.5. The molecular formula is C17H16N2O3S2. The smallest absolute Gasteiger partial charge is 0.323 e. The van der Waals surface area contributed by atoms with Gasteiger partial charge in [-0.25, -0.2) is 0 Å². The van der Waals surface area contributed by atoms with Crippen molar-refractivity contribution in [3.63, 3.8) is 0 Å². The Balaban J connectivity index is 1.76. The van der Waals surface area contributed by atoms with Gasteiger partial charge in [0.05, 0.1) is 16.3 Å². The number of carboxylic acid groups (broad SMARTS) is 1. The number of nitrogens with zero attached hydrogens (tertiary/aromatic N) is 2. The minimum absolute atomic E-state index is 0.0867. The number of rotatable bonds is 3. The molecule has 1 fully saturated rings. The molecular weight excluding hydrogens is 344 g/mol. The number of thiazole rings is 1. The van der Waals surface area contributed by atoms with Gasteiger partial charge < -0.3 is 10.2 Å². The van der Waals surface area contributed by atoms with E-state index >= 15 is 0 Å². The quantitative estimate of drug-likeness (QED) is 0.823. The van der Waals surface area contributed by atoms with Crippen LogP contribution in [0.25, 0.3) is 6.08 Å². The molecule has 2 N–H and O–H groups in total. The van der Waals surface area contributed by atoms with Crippen molar-refractivity contribution in [2.75, 3.05) is 0 Å². The number of benzene rings is 1. The molecule has 124 valence electrons. The molecule has 0 bridgehead atoms. The van der Waals surface area contributed by atoms with Crippen LogP contribution in [0.4, 0.5) is 0 Å². The van der Waals surface area contributed by atoms with Crippen LogP contribution in [0.5, 0.6) is 5.88 Å².